The maximum atomic E-state index is 12.3. The Bertz CT molecular complexity index is 1160. The maximum Gasteiger partial charge on any atom is 0.225 e. The van der Waals surface area contributed by atoms with Crippen molar-refractivity contribution >= 4 is 28.3 Å². The summed E-state index contributed by atoms with van der Waals surface area (Å²) in [5.41, 5.74) is 5.86. The third kappa shape index (κ3) is 3.26. The van der Waals surface area contributed by atoms with Crippen LogP contribution in [0.2, 0.25) is 0 Å². The fraction of sp³-hybridized carbons (Fsp3) is 0.238. The van der Waals surface area contributed by atoms with E-state index in [1.54, 1.807) is 6.20 Å². The number of anilines is 1. The van der Waals surface area contributed by atoms with Crippen LogP contribution in [0.1, 0.15) is 28.9 Å². The lowest BCUT2D eigenvalue weighted by atomic mass is 10.1. The first-order chi connectivity index (χ1) is 13.0. The lowest BCUT2D eigenvalue weighted by Crippen LogP contribution is -2.15. The zero-order chi connectivity index (χ0) is 19.0. The molecule has 0 bridgehead atoms. The summed E-state index contributed by atoms with van der Waals surface area (Å²) in [6.07, 6.45) is 2.67. The quantitative estimate of drug-likeness (QED) is 0.602. The molecule has 3 aromatic heterocycles. The highest BCUT2D eigenvalue weighted by molar-refractivity contribution is 5.92. The molecule has 1 N–H and O–H groups in total. The highest BCUT2D eigenvalue weighted by Gasteiger charge is 2.15. The molecular weight excluding hydrogens is 338 g/mol. The van der Waals surface area contributed by atoms with Crippen LogP contribution in [-0.2, 0) is 11.2 Å². The molecule has 0 unspecified atom stereocenters. The standard InChI is InChI=1S/C21H21N5O/c1-13-10-11-22-19(12-13)24-20(27)9-8-16-14(2)23-21-17-6-4-5-7-18(17)25-26(21)15(16)3/h4-7,10-12H,8-9H2,1-3H3,(H,22,24,27). The van der Waals surface area contributed by atoms with Gasteiger partial charge < -0.3 is 5.32 Å². The Morgan fingerprint density at radius 1 is 1.15 bits per heavy atom. The van der Waals surface area contributed by atoms with E-state index in [2.05, 4.69) is 15.4 Å². The van der Waals surface area contributed by atoms with Crippen molar-refractivity contribution in [3.05, 3.63) is 65.1 Å². The Balaban J connectivity index is 1.58. The minimum Gasteiger partial charge on any atom is -0.311 e. The van der Waals surface area contributed by atoms with Crippen LogP contribution in [0, 0.1) is 20.8 Å². The second-order valence-electron chi connectivity index (χ2n) is 6.78. The zero-order valence-corrected chi connectivity index (χ0v) is 15.7. The van der Waals surface area contributed by atoms with E-state index in [0.717, 1.165) is 39.1 Å². The molecule has 27 heavy (non-hydrogen) atoms. The van der Waals surface area contributed by atoms with Gasteiger partial charge in [-0.25, -0.2) is 14.5 Å². The number of nitrogens with zero attached hydrogens (tertiary/aromatic N) is 4. The molecule has 4 aromatic rings. The Labute approximate surface area is 157 Å². The highest BCUT2D eigenvalue weighted by atomic mass is 16.1. The number of fused-ring (bicyclic) bond motifs is 3. The van der Waals surface area contributed by atoms with E-state index in [4.69, 9.17) is 4.98 Å². The minimum absolute atomic E-state index is 0.0578. The highest BCUT2D eigenvalue weighted by Crippen LogP contribution is 2.23. The molecule has 4 rings (SSSR count). The van der Waals surface area contributed by atoms with Crippen molar-refractivity contribution in [1.82, 2.24) is 19.6 Å². The van der Waals surface area contributed by atoms with Crippen molar-refractivity contribution in [2.45, 2.75) is 33.6 Å². The Kier molecular flexibility index (Phi) is 4.32. The van der Waals surface area contributed by atoms with Gasteiger partial charge in [-0.1, -0.05) is 12.1 Å². The first-order valence-electron chi connectivity index (χ1n) is 8.99. The van der Waals surface area contributed by atoms with Crippen LogP contribution in [0.5, 0.6) is 0 Å². The normalized spacial score (nSPS) is 11.2. The predicted molar refractivity (Wildman–Crippen MR) is 106 cm³/mol. The van der Waals surface area contributed by atoms with Gasteiger partial charge in [-0.2, -0.15) is 5.10 Å². The van der Waals surface area contributed by atoms with Crippen molar-refractivity contribution < 1.29 is 4.79 Å². The molecule has 6 heteroatoms. The van der Waals surface area contributed by atoms with E-state index in [-0.39, 0.29) is 5.91 Å². The minimum atomic E-state index is -0.0578. The van der Waals surface area contributed by atoms with Gasteiger partial charge in [0.2, 0.25) is 5.91 Å². The molecule has 1 aromatic carbocycles. The number of benzene rings is 1. The van der Waals surface area contributed by atoms with Crippen LogP contribution in [0.25, 0.3) is 16.6 Å². The van der Waals surface area contributed by atoms with Gasteiger partial charge in [0, 0.05) is 29.4 Å². The molecular formula is C21H21N5O. The van der Waals surface area contributed by atoms with E-state index in [1.165, 1.54) is 0 Å². The average Bonchev–Trinajstić information content (AvgIpc) is 3.00. The van der Waals surface area contributed by atoms with Crippen LogP contribution < -0.4 is 5.32 Å². The first kappa shape index (κ1) is 17.1. The number of carbonyl (C=O) groups excluding carboxylic acids is 1. The summed E-state index contributed by atoms with van der Waals surface area (Å²) < 4.78 is 1.88. The first-order valence-corrected chi connectivity index (χ1v) is 8.99. The predicted octanol–water partition coefficient (Wildman–Crippen LogP) is 3.77. The van der Waals surface area contributed by atoms with Gasteiger partial charge in [-0.3, -0.25) is 4.79 Å². The number of nitrogens with one attached hydrogen (secondary N) is 1. The second-order valence-corrected chi connectivity index (χ2v) is 6.78. The van der Waals surface area contributed by atoms with Gasteiger partial charge in [0.25, 0.3) is 0 Å². The molecule has 0 atom stereocenters. The third-order valence-corrected chi connectivity index (χ3v) is 4.80. The molecule has 0 aliphatic heterocycles. The SMILES string of the molecule is Cc1ccnc(NC(=O)CCc2c(C)nc3c4ccccc4nn3c2C)c1. The average molecular weight is 359 g/mol. The molecule has 3 heterocycles. The van der Waals surface area contributed by atoms with E-state index in [0.29, 0.717) is 18.7 Å². The maximum absolute atomic E-state index is 12.3. The lowest BCUT2D eigenvalue weighted by molar-refractivity contribution is -0.116. The number of hydrogen-bond donors (Lipinski definition) is 1. The van der Waals surface area contributed by atoms with Crippen molar-refractivity contribution in [2.75, 3.05) is 5.32 Å². The molecule has 0 spiro atoms. The Hall–Kier alpha value is -3.28. The summed E-state index contributed by atoms with van der Waals surface area (Å²) in [4.78, 5) is 21.3. The lowest BCUT2D eigenvalue weighted by Gasteiger charge is -2.11. The summed E-state index contributed by atoms with van der Waals surface area (Å²) in [5.74, 6) is 0.526. The van der Waals surface area contributed by atoms with Crippen LogP contribution >= 0.6 is 0 Å². The van der Waals surface area contributed by atoms with Crippen LogP contribution in [-0.4, -0.2) is 25.5 Å². The van der Waals surface area contributed by atoms with Gasteiger partial charge in [-0.15, -0.1) is 0 Å². The smallest absolute Gasteiger partial charge is 0.225 e. The summed E-state index contributed by atoms with van der Waals surface area (Å²) in [6.45, 7) is 5.99. The third-order valence-electron chi connectivity index (χ3n) is 4.80. The van der Waals surface area contributed by atoms with Crippen LogP contribution in [0.15, 0.2) is 42.6 Å². The molecule has 0 aliphatic carbocycles. The van der Waals surface area contributed by atoms with Crippen molar-refractivity contribution in [2.24, 2.45) is 0 Å². The second kappa shape index (κ2) is 6.79. The Morgan fingerprint density at radius 2 is 1.96 bits per heavy atom. The topological polar surface area (TPSA) is 72.2 Å². The van der Waals surface area contributed by atoms with Crippen molar-refractivity contribution in [1.29, 1.82) is 0 Å². The van der Waals surface area contributed by atoms with E-state index in [1.807, 2.05) is 61.7 Å². The number of aryl methyl sites for hydroxylation is 3. The largest absolute Gasteiger partial charge is 0.311 e. The number of carbonyl (C=O) groups is 1. The molecule has 0 radical (unpaired) electrons. The van der Waals surface area contributed by atoms with E-state index in [9.17, 15) is 4.79 Å². The number of amides is 1. The van der Waals surface area contributed by atoms with Gasteiger partial charge in [0.15, 0.2) is 5.65 Å². The number of rotatable bonds is 4. The molecule has 1 amide bonds. The fourth-order valence-corrected chi connectivity index (χ4v) is 3.39. The molecule has 6 nitrogen and oxygen atoms in total. The molecule has 0 fully saturated rings. The van der Waals surface area contributed by atoms with Crippen molar-refractivity contribution in [3.8, 4) is 0 Å². The molecule has 0 saturated carbocycles. The summed E-state index contributed by atoms with van der Waals surface area (Å²) in [7, 11) is 0. The molecule has 136 valence electrons. The van der Waals surface area contributed by atoms with Crippen LogP contribution in [0.4, 0.5) is 5.82 Å². The summed E-state index contributed by atoms with van der Waals surface area (Å²) in [5, 5.41) is 8.56. The van der Waals surface area contributed by atoms with Crippen molar-refractivity contribution in [3.63, 3.8) is 0 Å². The van der Waals surface area contributed by atoms with E-state index >= 15 is 0 Å². The summed E-state index contributed by atoms with van der Waals surface area (Å²) in [6, 6.07) is 11.7. The number of pyridine rings is 1. The number of aromatic nitrogens is 4. The molecule has 0 aliphatic rings. The summed E-state index contributed by atoms with van der Waals surface area (Å²) >= 11 is 0. The molecule has 0 saturated heterocycles. The fourth-order valence-electron chi connectivity index (χ4n) is 3.39. The zero-order valence-electron chi connectivity index (χ0n) is 15.7. The van der Waals surface area contributed by atoms with E-state index < -0.39 is 0 Å². The van der Waals surface area contributed by atoms with Gasteiger partial charge in [0.05, 0.1) is 5.52 Å². The monoisotopic (exact) mass is 359 g/mol. The van der Waals surface area contributed by atoms with Crippen LogP contribution in [0.3, 0.4) is 0 Å². The van der Waals surface area contributed by atoms with Gasteiger partial charge in [0.1, 0.15) is 5.82 Å². The van der Waals surface area contributed by atoms with Gasteiger partial charge in [-0.05, 0) is 62.6 Å². The number of hydrogen-bond acceptors (Lipinski definition) is 4. The van der Waals surface area contributed by atoms with Gasteiger partial charge >= 0.3 is 0 Å². The Morgan fingerprint density at radius 3 is 2.78 bits per heavy atom.